The Balaban J connectivity index is 1.31. The monoisotopic (exact) mass is 465 g/mol. The van der Waals surface area contributed by atoms with Crippen LogP contribution in [-0.4, -0.2) is 67.4 Å². The molecule has 1 N–H and O–H groups in total. The van der Waals surface area contributed by atoms with Crippen molar-refractivity contribution in [1.29, 1.82) is 0 Å². The van der Waals surface area contributed by atoms with Gasteiger partial charge in [0.25, 0.3) is 0 Å². The van der Waals surface area contributed by atoms with E-state index in [-0.39, 0.29) is 16.6 Å². The second-order valence-electron chi connectivity index (χ2n) is 12.5. The highest BCUT2D eigenvalue weighted by atomic mass is 16.7. The fraction of sp³-hybridized carbons (Fsp3) is 0.741. The van der Waals surface area contributed by atoms with Crippen LogP contribution in [0.3, 0.4) is 0 Å². The summed E-state index contributed by atoms with van der Waals surface area (Å²) in [6, 6.07) is 7.47. The van der Waals surface area contributed by atoms with E-state index in [9.17, 15) is 4.79 Å². The fourth-order valence-electron chi connectivity index (χ4n) is 6.80. The minimum absolute atomic E-state index is 0.301. The summed E-state index contributed by atoms with van der Waals surface area (Å²) >= 11 is 0. The Hall–Kier alpha value is -1.41. The number of nitrogens with one attached hydrogen (secondary N) is 1. The second kappa shape index (κ2) is 7.80. The molecule has 0 aromatic heterocycles. The molecule has 0 radical (unpaired) electrons. The highest BCUT2D eigenvalue weighted by Gasteiger charge is 2.56. The number of anilines is 1. The molecule has 3 saturated heterocycles. The SMILES string of the molecule is C[C@@H]1CCN([C@H]2C[C@@H](N3C(=O)C4(CCNCC4)c4ccc(B5OC(C)(C)C(C)(C)O5)cc43)C2)C1. The van der Waals surface area contributed by atoms with Gasteiger partial charge in [-0.05, 0) is 102 Å². The van der Waals surface area contributed by atoms with E-state index in [0.29, 0.717) is 18.0 Å². The van der Waals surface area contributed by atoms with E-state index in [1.807, 2.05) is 0 Å². The zero-order chi connectivity index (χ0) is 23.9. The van der Waals surface area contributed by atoms with Gasteiger partial charge in [-0.1, -0.05) is 19.1 Å². The van der Waals surface area contributed by atoms with Crippen molar-refractivity contribution in [3.05, 3.63) is 23.8 Å². The predicted octanol–water partition coefficient (Wildman–Crippen LogP) is 2.83. The molecule has 1 spiro atoms. The maximum absolute atomic E-state index is 14.1. The van der Waals surface area contributed by atoms with Gasteiger partial charge >= 0.3 is 7.12 Å². The highest BCUT2D eigenvalue weighted by molar-refractivity contribution is 6.62. The molecule has 4 heterocycles. The smallest absolute Gasteiger partial charge is 0.399 e. The first-order valence-electron chi connectivity index (χ1n) is 13.4. The van der Waals surface area contributed by atoms with Crippen LogP contribution >= 0.6 is 0 Å². The molecule has 5 aliphatic rings. The largest absolute Gasteiger partial charge is 0.494 e. The normalized spacial score (nSPS) is 34.0. The van der Waals surface area contributed by atoms with Crippen LogP contribution in [0.1, 0.15) is 72.3 Å². The van der Waals surface area contributed by atoms with Crippen LogP contribution in [0.25, 0.3) is 0 Å². The van der Waals surface area contributed by atoms with Gasteiger partial charge in [0.1, 0.15) is 0 Å². The van der Waals surface area contributed by atoms with Crippen LogP contribution in [0.5, 0.6) is 0 Å². The first kappa shape index (κ1) is 23.0. The van der Waals surface area contributed by atoms with E-state index in [2.05, 4.69) is 67.9 Å². The molecule has 184 valence electrons. The van der Waals surface area contributed by atoms with Crippen molar-refractivity contribution in [1.82, 2.24) is 10.2 Å². The number of fused-ring (bicyclic) bond motifs is 2. The van der Waals surface area contributed by atoms with Crippen molar-refractivity contribution in [3.8, 4) is 0 Å². The number of likely N-dealkylation sites (tertiary alicyclic amines) is 1. The van der Waals surface area contributed by atoms with Crippen LogP contribution in [0.15, 0.2) is 18.2 Å². The maximum atomic E-state index is 14.1. The number of carbonyl (C=O) groups excluding carboxylic acids is 1. The molecular weight excluding hydrogens is 425 g/mol. The number of hydrogen-bond acceptors (Lipinski definition) is 5. The summed E-state index contributed by atoms with van der Waals surface area (Å²) in [6.07, 6.45) is 5.25. The number of carbonyl (C=O) groups is 1. The quantitative estimate of drug-likeness (QED) is 0.696. The number of rotatable bonds is 3. The Morgan fingerprint density at radius 2 is 1.71 bits per heavy atom. The van der Waals surface area contributed by atoms with Gasteiger partial charge in [0.2, 0.25) is 5.91 Å². The lowest BCUT2D eigenvalue weighted by atomic mass is 9.72. The molecule has 1 atom stereocenters. The zero-order valence-electron chi connectivity index (χ0n) is 21.5. The van der Waals surface area contributed by atoms with E-state index < -0.39 is 7.12 Å². The molecule has 1 amide bonds. The molecule has 4 fully saturated rings. The summed E-state index contributed by atoms with van der Waals surface area (Å²) in [5.41, 5.74) is 2.22. The average molecular weight is 465 g/mol. The van der Waals surface area contributed by atoms with E-state index in [4.69, 9.17) is 9.31 Å². The lowest BCUT2D eigenvalue weighted by Crippen LogP contribution is -2.57. The Morgan fingerprint density at radius 3 is 2.32 bits per heavy atom. The van der Waals surface area contributed by atoms with Gasteiger partial charge in [0.15, 0.2) is 0 Å². The molecule has 0 bridgehead atoms. The molecule has 6 nitrogen and oxygen atoms in total. The van der Waals surface area contributed by atoms with Crippen LogP contribution in [0.4, 0.5) is 5.69 Å². The van der Waals surface area contributed by atoms with Gasteiger partial charge in [-0.3, -0.25) is 9.69 Å². The lowest BCUT2D eigenvalue weighted by molar-refractivity contribution is -0.125. The first-order chi connectivity index (χ1) is 16.1. The topological polar surface area (TPSA) is 54.0 Å². The molecule has 1 aliphatic carbocycles. The molecule has 34 heavy (non-hydrogen) atoms. The summed E-state index contributed by atoms with van der Waals surface area (Å²) in [7, 11) is -0.406. The Labute approximate surface area is 204 Å². The van der Waals surface area contributed by atoms with E-state index >= 15 is 0 Å². The summed E-state index contributed by atoms with van der Waals surface area (Å²) < 4.78 is 12.7. The maximum Gasteiger partial charge on any atom is 0.494 e. The average Bonchev–Trinajstić information content (AvgIpc) is 3.35. The Kier molecular flexibility index (Phi) is 5.28. The third kappa shape index (κ3) is 3.34. The molecule has 1 aromatic rings. The summed E-state index contributed by atoms with van der Waals surface area (Å²) in [5.74, 6) is 1.13. The van der Waals surface area contributed by atoms with E-state index in [1.165, 1.54) is 25.1 Å². The van der Waals surface area contributed by atoms with E-state index in [0.717, 1.165) is 55.8 Å². The van der Waals surface area contributed by atoms with Crippen molar-refractivity contribution < 1.29 is 14.1 Å². The molecule has 7 heteroatoms. The van der Waals surface area contributed by atoms with Gasteiger partial charge in [0, 0.05) is 24.3 Å². The standard InChI is InChI=1S/C27H40BN3O3/c1-18-8-13-30(17-18)20-15-21(16-20)31-23-14-19(28-33-25(2,3)26(4,5)34-28)6-7-22(23)27(24(31)32)9-11-29-12-10-27/h6-7,14,18,20-21,29H,8-13,15-17H2,1-5H3/t18-,20-,21+/m1/s1. The van der Waals surface area contributed by atoms with Crippen molar-refractivity contribution in [2.45, 2.75) is 95.4 Å². The number of piperidine rings is 1. The predicted molar refractivity (Wildman–Crippen MR) is 136 cm³/mol. The van der Waals surface area contributed by atoms with Gasteiger partial charge < -0.3 is 19.5 Å². The lowest BCUT2D eigenvalue weighted by Gasteiger charge is -2.46. The van der Waals surface area contributed by atoms with E-state index in [1.54, 1.807) is 0 Å². The van der Waals surface area contributed by atoms with Crippen molar-refractivity contribution >= 4 is 24.2 Å². The van der Waals surface area contributed by atoms with Gasteiger partial charge in [0.05, 0.1) is 16.6 Å². The van der Waals surface area contributed by atoms with Crippen molar-refractivity contribution in [2.75, 3.05) is 31.1 Å². The first-order valence-corrected chi connectivity index (χ1v) is 13.4. The van der Waals surface area contributed by atoms with Crippen LogP contribution in [0, 0.1) is 5.92 Å². The molecule has 4 aliphatic heterocycles. The summed E-state index contributed by atoms with van der Waals surface area (Å²) in [5, 5.41) is 3.46. The van der Waals surface area contributed by atoms with Gasteiger partial charge in [-0.25, -0.2) is 0 Å². The molecular formula is C27H40BN3O3. The number of amides is 1. The Bertz CT molecular complexity index is 967. The molecule has 1 saturated carbocycles. The zero-order valence-corrected chi connectivity index (χ0v) is 21.5. The summed E-state index contributed by atoms with van der Waals surface area (Å²) in [4.78, 5) is 19.0. The number of hydrogen-bond donors (Lipinski definition) is 1. The minimum atomic E-state index is -0.406. The second-order valence-corrected chi connectivity index (χ2v) is 12.5. The molecule has 1 aromatic carbocycles. The third-order valence-electron chi connectivity index (χ3n) is 9.83. The number of benzene rings is 1. The molecule has 0 unspecified atom stereocenters. The minimum Gasteiger partial charge on any atom is -0.399 e. The van der Waals surface area contributed by atoms with Crippen LogP contribution < -0.4 is 15.7 Å². The third-order valence-corrected chi connectivity index (χ3v) is 9.83. The van der Waals surface area contributed by atoms with Crippen molar-refractivity contribution in [3.63, 3.8) is 0 Å². The summed E-state index contributed by atoms with van der Waals surface area (Å²) in [6.45, 7) is 14.9. The van der Waals surface area contributed by atoms with Crippen LogP contribution in [-0.2, 0) is 19.5 Å². The number of nitrogens with zero attached hydrogens (tertiary/aromatic N) is 2. The van der Waals surface area contributed by atoms with Gasteiger partial charge in [-0.2, -0.15) is 0 Å². The molecule has 6 rings (SSSR count). The van der Waals surface area contributed by atoms with Crippen LogP contribution in [0.2, 0.25) is 0 Å². The van der Waals surface area contributed by atoms with Gasteiger partial charge in [-0.15, -0.1) is 0 Å². The van der Waals surface area contributed by atoms with Crippen molar-refractivity contribution in [2.24, 2.45) is 5.92 Å². The fourth-order valence-corrected chi connectivity index (χ4v) is 6.80. The highest BCUT2D eigenvalue weighted by Crippen LogP contribution is 2.50. The Morgan fingerprint density at radius 1 is 1.03 bits per heavy atom.